The first kappa shape index (κ1) is 15.1. The van der Waals surface area contributed by atoms with E-state index in [2.05, 4.69) is 54.5 Å². The number of aromatic nitrogens is 1. The molecule has 0 aliphatic heterocycles. The summed E-state index contributed by atoms with van der Waals surface area (Å²) in [5, 5.41) is 4.74. The van der Waals surface area contributed by atoms with Crippen LogP contribution in [-0.4, -0.2) is 16.8 Å². The Labute approximate surface area is 125 Å². The molecule has 0 aliphatic carbocycles. The van der Waals surface area contributed by atoms with Crippen molar-refractivity contribution in [1.82, 2.24) is 10.3 Å². The number of nitrogens with one attached hydrogen (secondary N) is 1. The zero-order valence-corrected chi connectivity index (χ0v) is 13.1. The molecule has 1 aromatic carbocycles. The standard InChI is InChI=1S/C16H22N2OS/c1-4-14(20-16-18-12(3)11-19-16)15(17-5-2)13-9-7-6-8-10-13/h6-11,14-15,17H,4-5H2,1-3H3. The van der Waals surface area contributed by atoms with Gasteiger partial charge >= 0.3 is 0 Å². The van der Waals surface area contributed by atoms with Gasteiger partial charge in [0.05, 0.1) is 5.69 Å². The lowest BCUT2D eigenvalue weighted by Crippen LogP contribution is -2.29. The molecular weight excluding hydrogens is 268 g/mol. The summed E-state index contributed by atoms with van der Waals surface area (Å²) in [7, 11) is 0. The van der Waals surface area contributed by atoms with Crippen molar-refractivity contribution in [3.63, 3.8) is 0 Å². The molecule has 2 aromatic rings. The van der Waals surface area contributed by atoms with Crippen LogP contribution in [-0.2, 0) is 0 Å². The SMILES string of the molecule is CCNC(c1ccccc1)C(CC)Sc1nc(C)co1. The van der Waals surface area contributed by atoms with Crippen LogP contribution in [0.4, 0.5) is 0 Å². The summed E-state index contributed by atoms with van der Waals surface area (Å²) >= 11 is 1.71. The summed E-state index contributed by atoms with van der Waals surface area (Å²) in [6.07, 6.45) is 2.76. The third-order valence-corrected chi connectivity index (χ3v) is 4.50. The highest BCUT2D eigenvalue weighted by molar-refractivity contribution is 7.99. The van der Waals surface area contributed by atoms with E-state index in [1.807, 2.05) is 6.92 Å². The molecule has 0 fully saturated rings. The van der Waals surface area contributed by atoms with E-state index in [1.165, 1.54) is 5.56 Å². The fraction of sp³-hybridized carbons (Fsp3) is 0.438. The van der Waals surface area contributed by atoms with E-state index >= 15 is 0 Å². The molecular formula is C16H22N2OS. The van der Waals surface area contributed by atoms with Crippen LogP contribution in [0.3, 0.4) is 0 Å². The van der Waals surface area contributed by atoms with Crippen molar-refractivity contribution < 1.29 is 4.42 Å². The van der Waals surface area contributed by atoms with Gasteiger partial charge in [-0.15, -0.1) is 0 Å². The number of nitrogens with zero attached hydrogens (tertiary/aromatic N) is 1. The van der Waals surface area contributed by atoms with Crippen molar-refractivity contribution in [1.29, 1.82) is 0 Å². The average molecular weight is 290 g/mol. The van der Waals surface area contributed by atoms with Gasteiger partial charge in [-0.2, -0.15) is 0 Å². The predicted molar refractivity (Wildman–Crippen MR) is 84.0 cm³/mol. The second-order valence-corrected chi connectivity index (χ2v) is 5.96. The number of oxazole rings is 1. The highest BCUT2D eigenvalue weighted by Crippen LogP contribution is 2.33. The monoisotopic (exact) mass is 290 g/mol. The Morgan fingerprint density at radius 3 is 2.55 bits per heavy atom. The predicted octanol–water partition coefficient (Wildman–Crippen LogP) is 4.20. The van der Waals surface area contributed by atoms with Crippen molar-refractivity contribution in [2.24, 2.45) is 0 Å². The van der Waals surface area contributed by atoms with Crippen LogP contribution in [0, 0.1) is 6.92 Å². The minimum Gasteiger partial charge on any atom is -0.440 e. The third-order valence-electron chi connectivity index (χ3n) is 3.21. The molecule has 0 saturated carbocycles. The zero-order chi connectivity index (χ0) is 14.4. The molecule has 1 aromatic heterocycles. The molecule has 1 N–H and O–H groups in total. The van der Waals surface area contributed by atoms with Crippen molar-refractivity contribution in [2.75, 3.05) is 6.54 Å². The molecule has 20 heavy (non-hydrogen) atoms. The summed E-state index contributed by atoms with van der Waals surface area (Å²) in [5.41, 5.74) is 2.25. The Bertz CT molecular complexity index is 512. The molecule has 2 atom stereocenters. The van der Waals surface area contributed by atoms with Gasteiger partial charge in [-0.25, -0.2) is 4.98 Å². The van der Waals surface area contributed by atoms with E-state index < -0.39 is 0 Å². The van der Waals surface area contributed by atoms with Crippen LogP contribution in [0.5, 0.6) is 0 Å². The highest BCUT2D eigenvalue weighted by Gasteiger charge is 2.23. The Balaban J connectivity index is 2.17. The maximum absolute atomic E-state index is 5.48. The Morgan fingerprint density at radius 2 is 2.00 bits per heavy atom. The van der Waals surface area contributed by atoms with Gasteiger partial charge in [-0.3, -0.25) is 0 Å². The van der Waals surface area contributed by atoms with E-state index in [0.717, 1.165) is 23.9 Å². The molecule has 0 saturated heterocycles. The highest BCUT2D eigenvalue weighted by atomic mass is 32.2. The molecule has 2 unspecified atom stereocenters. The number of hydrogen-bond donors (Lipinski definition) is 1. The van der Waals surface area contributed by atoms with Crippen LogP contribution in [0.2, 0.25) is 0 Å². The number of benzene rings is 1. The topological polar surface area (TPSA) is 38.1 Å². The molecule has 1 heterocycles. The smallest absolute Gasteiger partial charge is 0.256 e. The Hall–Kier alpha value is -1.26. The number of aryl methyl sites for hydroxylation is 1. The molecule has 0 spiro atoms. The van der Waals surface area contributed by atoms with Crippen molar-refractivity contribution in [2.45, 2.75) is 43.7 Å². The van der Waals surface area contributed by atoms with E-state index in [-0.39, 0.29) is 0 Å². The molecule has 4 heteroatoms. The van der Waals surface area contributed by atoms with Crippen LogP contribution in [0.25, 0.3) is 0 Å². The van der Waals surface area contributed by atoms with Gasteiger partial charge in [-0.1, -0.05) is 55.9 Å². The first-order chi connectivity index (χ1) is 9.74. The van der Waals surface area contributed by atoms with Crippen molar-refractivity contribution in [3.05, 3.63) is 47.9 Å². The molecule has 0 aliphatic rings. The van der Waals surface area contributed by atoms with Gasteiger partial charge in [-0.05, 0) is 25.5 Å². The first-order valence-corrected chi connectivity index (χ1v) is 7.99. The minimum absolute atomic E-state index is 0.309. The van der Waals surface area contributed by atoms with Gasteiger partial charge in [0.15, 0.2) is 0 Å². The molecule has 0 bridgehead atoms. The number of rotatable bonds is 7. The van der Waals surface area contributed by atoms with E-state index in [0.29, 0.717) is 11.3 Å². The van der Waals surface area contributed by atoms with Gasteiger partial charge in [0, 0.05) is 11.3 Å². The average Bonchev–Trinajstić information content (AvgIpc) is 2.89. The van der Waals surface area contributed by atoms with Gasteiger partial charge in [0.1, 0.15) is 6.26 Å². The maximum atomic E-state index is 5.48. The second-order valence-electron chi connectivity index (χ2n) is 4.77. The fourth-order valence-electron chi connectivity index (χ4n) is 2.25. The lowest BCUT2D eigenvalue weighted by molar-refractivity contribution is 0.447. The zero-order valence-electron chi connectivity index (χ0n) is 12.3. The quantitative estimate of drug-likeness (QED) is 0.775. The van der Waals surface area contributed by atoms with Gasteiger partial charge in [0.25, 0.3) is 5.22 Å². The summed E-state index contributed by atoms with van der Waals surface area (Å²) in [6.45, 7) is 7.25. The summed E-state index contributed by atoms with van der Waals surface area (Å²) in [5.74, 6) is 0. The second kappa shape index (κ2) is 7.50. The Kier molecular flexibility index (Phi) is 5.68. The number of hydrogen-bond acceptors (Lipinski definition) is 4. The van der Waals surface area contributed by atoms with Crippen LogP contribution < -0.4 is 5.32 Å². The van der Waals surface area contributed by atoms with Gasteiger partial charge < -0.3 is 9.73 Å². The normalized spacial score (nSPS) is 14.2. The molecule has 2 rings (SSSR count). The summed E-state index contributed by atoms with van der Waals surface area (Å²) in [4.78, 5) is 4.40. The van der Waals surface area contributed by atoms with Crippen molar-refractivity contribution >= 4 is 11.8 Å². The maximum Gasteiger partial charge on any atom is 0.256 e. The van der Waals surface area contributed by atoms with Crippen molar-refractivity contribution in [3.8, 4) is 0 Å². The molecule has 3 nitrogen and oxygen atoms in total. The molecule has 0 amide bonds. The lowest BCUT2D eigenvalue weighted by atomic mass is 10.0. The Morgan fingerprint density at radius 1 is 1.25 bits per heavy atom. The summed E-state index contributed by atoms with van der Waals surface area (Å²) in [6, 6.07) is 10.9. The van der Waals surface area contributed by atoms with E-state index in [1.54, 1.807) is 18.0 Å². The van der Waals surface area contributed by atoms with Crippen LogP contribution in [0.1, 0.15) is 37.6 Å². The molecule has 0 radical (unpaired) electrons. The van der Waals surface area contributed by atoms with Crippen LogP contribution in [0.15, 0.2) is 46.2 Å². The molecule has 108 valence electrons. The van der Waals surface area contributed by atoms with Crippen LogP contribution >= 0.6 is 11.8 Å². The first-order valence-electron chi connectivity index (χ1n) is 7.11. The van der Waals surface area contributed by atoms with Gasteiger partial charge in [0.2, 0.25) is 0 Å². The largest absolute Gasteiger partial charge is 0.440 e. The minimum atomic E-state index is 0.309. The summed E-state index contributed by atoms with van der Waals surface area (Å²) < 4.78 is 5.48. The third kappa shape index (κ3) is 3.87. The van der Waals surface area contributed by atoms with E-state index in [4.69, 9.17) is 4.42 Å². The lowest BCUT2D eigenvalue weighted by Gasteiger charge is -2.26. The fourth-order valence-corrected chi connectivity index (χ4v) is 3.36. The number of thioether (sulfide) groups is 1. The van der Waals surface area contributed by atoms with E-state index in [9.17, 15) is 0 Å².